The highest BCUT2D eigenvalue weighted by molar-refractivity contribution is 6.31. The maximum atomic E-state index is 12.5. The Hall–Kier alpha value is -3.32. The van der Waals surface area contributed by atoms with Crippen LogP contribution in [-0.2, 0) is 13.1 Å². The number of nitrogens with one attached hydrogen (secondary N) is 1. The number of halogens is 1. The number of hydrogen-bond acceptors (Lipinski definition) is 4. The Morgan fingerprint density at radius 3 is 2.59 bits per heavy atom. The van der Waals surface area contributed by atoms with E-state index in [1.54, 1.807) is 23.0 Å². The van der Waals surface area contributed by atoms with Gasteiger partial charge in [-0.1, -0.05) is 23.7 Å². The van der Waals surface area contributed by atoms with Crippen LogP contribution in [0.25, 0.3) is 0 Å². The molecule has 0 fully saturated rings. The highest BCUT2D eigenvalue weighted by Gasteiger charge is 2.14. The minimum absolute atomic E-state index is 0.244. The van der Waals surface area contributed by atoms with Crippen molar-refractivity contribution in [3.63, 3.8) is 0 Å². The summed E-state index contributed by atoms with van der Waals surface area (Å²) >= 11 is 6.18. The topological polar surface area (TPSA) is 77.9 Å². The van der Waals surface area contributed by atoms with Gasteiger partial charge in [-0.3, -0.25) is 14.2 Å². The van der Waals surface area contributed by atoms with Gasteiger partial charge in [-0.2, -0.15) is 10.2 Å². The van der Waals surface area contributed by atoms with Crippen LogP contribution in [0.3, 0.4) is 0 Å². The smallest absolute Gasteiger partial charge is 0.291 e. The molecule has 3 aromatic heterocycles. The lowest BCUT2D eigenvalue weighted by Gasteiger charge is -2.06. The van der Waals surface area contributed by atoms with Crippen molar-refractivity contribution >= 4 is 23.2 Å². The zero-order valence-corrected chi connectivity index (χ0v) is 16.8. The minimum atomic E-state index is -0.303. The van der Waals surface area contributed by atoms with Gasteiger partial charge in [0.15, 0.2) is 5.76 Å². The summed E-state index contributed by atoms with van der Waals surface area (Å²) in [6, 6.07) is 12.9. The number of hydrogen-bond donors (Lipinski definition) is 1. The van der Waals surface area contributed by atoms with E-state index in [1.807, 2.05) is 55.1 Å². The molecule has 8 heteroatoms. The second-order valence-corrected chi connectivity index (χ2v) is 7.14. The molecule has 148 valence electrons. The van der Waals surface area contributed by atoms with Crippen LogP contribution in [-0.4, -0.2) is 25.5 Å². The molecule has 4 rings (SSSR count). The Bertz CT molecular complexity index is 1130. The molecule has 3 heterocycles. The third-order valence-corrected chi connectivity index (χ3v) is 5.15. The molecule has 1 amide bonds. The summed E-state index contributed by atoms with van der Waals surface area (Å²) in [4.78, 5) is 12.5. The minimum Gasteiger partial charge on any atom is -0.454 e. The molecule has 0 unspecified atom stereocenters. The first-order chi connectivity index (χ1) is 14.0. The normalized spacial score (nSPS) is 11.0. The molecule has 7 nitrogen and oxygen atoms in total. The van der Waals surface area contributed by atoms with Crippen LogP contribution >= 0.6 is 11.6 Å². The number of carbonyl (C=O) groups is 1. The monoisotopic (exact) mass is 409 g/mol. The number of amides is 1. The van der Waals surface area contributed by atoms with Gasteiger partial charge in [0.25, 0.3) is 5.91 Å². The Kier molecular flexibility index (Phi) is 5.22. The number of benzene rings is 1. The SMILES string of the molecule is Cc1nn(Cc2ccc(C(=O)Nc3ccc(Cn4cccn4)cc3)o2)c(C)c1Cl. The van der Waals surface area contributed by atoms with Crippen molar-refractivity contribution in [1.82, 2.24) is 19.6 Å². The number of carbonyl (C=O) groups excluding carboxylic acids is 1. The highest BCUT2D eigenvalue weighted by atomic mass is 35.5. The largest absolute Gasteiger partial charge is 0.454 e. The van der Waals surface area contributed by atoms with Gasteiger partial charge in [0.1, 0.15) is 5.76 Å². The second kappa shape index (κ2) is 7.97. The van der Waals surface area contributed by atoms with Crippen molar-refractivity contribution in [3.8, 4) is 0 Å². The summed E-state index contributed by atoms with van der Waals surface area (Å²) in [6.45, 7) is 4.84. The molecule has 1 aromatic carbocycles. The van der Waals surface area contributed by atoms with E-state index in [0.717, 1.165) is 17.0 Å². The quantitative estimate of drug-likeness (QED) is 0.515. The molecule has 1 N–H and O–H groups in total. The Morgan fingerprint density at radius 2 is 1.93 bits per heavy atom. The number of rotatable bonds is 6. The molecule has 0 atom stereocenters. The van der Waals surface area contributed by atoms with Gasteiger partial charge in [-0.15, -0.1) is 0 Å². The van der Waals surface area contributed by atoms with Crippen LogP contribution in [0.5, 0.6) is 0 Å². The van der Waals surface area contributed by atoms with E-state index in [4.69, 9.17) is 16.0 Å². The molecule has 0 saturated heterocycles. The van der Waals surface area contributed by atoms with Crippen LogP contribution in [0.15, 0.2) is 59.3 Å². The van der Waals surface area contributed by atoms with Crippen molar-refractivity contribution < 1.29 is 9.21 Å². The van der Waals surface area contributed by atoms with E-state index in [1.165, 1.54) is 0 Å². The fourth-order valence-electron chi connectivity index (χ4n) is 3.03. The molecule has 0 saturated carbocycles. The molecule has 0 aliphatic rings. The van der Waals surface area contributed by atoms with Gasteiger partial charge in [0.05, 0.1) is 29.5 Å². The lowest BCUT2D eigenvalue weighted by molar-refractivity contribution is 0.0994. The average molecular weight is 410 g/mol. The summed E-state index contributed by atoms with van der Waals surface area (Å²) in [6.07, 6.45) is 3.65. The molecule has 0 bridgehead atoms. The van der Waals surface area contributed by atoms with E-state index < -0.39 is 0 Å². The van der Waals surface area contributed by atoms with Crippen LogP contribution in [0.4, 0.5) is 5.69 Å². The lowest BCUT2D eigenvalue weighted by atomic mass is 10.2. The third kappa shape index (κ3) is 4.25. The van der Waals surface area contributed by atoms with Crippen molar-refractivity contribution in [2.75, 3.05) is 5.32 Å². The first kappa shape index (κ1) is 19.0. The third-order valence-electron chi connectivity index (χ3n) is 4.60. The van der Waals surface area contributed by atoms with Gasteiger partial charge in [-0.05, 0) is 49.7 Å². The first-order valence-corrected chi connectivity index (χ1v) is 9.53. The summed E-state index contributed by atoms with van der Waals surface area (Å²) < 4.78 is 9.29. The van der Waals surface area contributed by atoms with Gasteiger partial charge >= 0.3 is 0 Å². The Balaban J connectivity index is 1.39. The van der Waals surface area contributed by atoms with Crippen molar-refractivity contribution in [1.29, 1.82) is 0 Å². The van der Waals surface area contributed by atoms with Gasteiger partial charge < -0.3 is 9.73 Å². The summed E-state index contributed by atoms with van der Waals surface area (Å²) in [5.41, 5.74) is 3.42. The summed E-state index contributed by atoms with van der Waals surface area (Å²) in [5, 5.41) is 12.1. The lowest BCUT2D eigenvalue weighted by Crippen LogP contribution is -2.11. The number of anilines is 1. The number of aryl methyl sites for hydroxylation is 1. The van der Waals surface area contributed by atoms with E-state index >= 15 is 0 Å². The molecular weight excluding hydrogens is 390 g/mol. The van der Waals surface area contributed by atoms with Crippen molar-refractivity contribution in [2.45, 2.75) is 26.9 Å². The summed E-state index contributed by atoms with van der Waals surface area (Å²) in [5.74, 6) is 0.572. The summed E-state index contributed by atoms with van der Waals surface area (Å²) in [7, 11) is 0. The zero-order chi connectivity index (χ0) is 20.4. The highest BCUT2D eigenvalue weighted by Crippen LogP contribution is 2.21. The van der Waals surface area contributed by atoms with E-state index in [9.17, 15) is 4.79 Å². The second-order valence-electron chi connectivity index (χ2n) is 6.76. The van der Waals surface area contributed by atoms with Gasteiger partial charge in [0, 0.05) is 18.1 Å². The zero-order valence-electron chi connectivity index (χ0n) is 16.1. The predicted molar refractivity (Wildman–Crippen MR) is 110 cm³/mol. The molecule has 4 aromatic rings. The number of furan rings is 1. The van der Waals surface area contributed by atoms with Crippen LogP contribution < -0.4 is 5.32 Å². The molecule has 0 spiro atoms. The van der Waals surface area contributed by atoms with Gasteiger partial charge in [0.2, 0.25) is 0 Å². The average Bonchev–Trinajstić information content (AvgIpc) is 3.44. The first-order valence-electron chi connectivity index (χ1n) is 9.15. The van der Waals surface area contributed by atoms with E-state index in [2.05, 4.69) is 15.5 Å². The molecule has 29 heavy (non-hydrogen) atoms. The Labute approximate surface area is 172 Å². The van der Waals surface area contributed by atoms with E-state index in [0.29, 0.717) is 29.6 Å². The van der Waals surface area contributed by atoms with Crippen molar-refractivity contribution in [3.05, 3.63) is 88.4 Å². The number of aromatic nitrogens is 4. The fraction of sp³-hybridized carbons (Fsp3) is 0.190. The predicted octanol–water partition coefficient (Wildman–Crippen LogP) is 4.29. The molecule has 0 aliphatic carbocycles. The maximum absolute atomic E-state index is 12.5. The standard InChI is InChI=1S/C21H20ClN5O2/c1-14-20(22)15(2)27(25-14)13-18-8-9-19(29-18)21(28)24-17-6-4-16(5-7-17)12-26-11-3-10-23-26/h3-11H,12-13H2,1-2H3,(H,24,28). The van der Waals surface area contributed by atoms with Gasteiger partial charge in [-0.25, -0.2) is 0 Å². The Morgan fingerprint density at radius 1 is 1.14 bits per heavy atom. The van der Waals surface area contributed by atoms with Crippen molar-refractivity contribution in [2.24, 2.45) is 0 Å². The van der Waals surface area contributed by atoms with Crippen LogP contribution in [0, 0.1) is 13.8 Å². The molecule has 0 aliphatic heterocycles. The molecular formula is C21H20ClN5O2. The molecule has 0 radical (unpaired) electrons. The van der Waals surface area contributed by atoms with E-state index in [-0.39, 0.29) is 11.7 Å². The fourth-order valence-corrected chi connectivity index (χ4v) is 3.16. The maximum Gasteiger partial charge on any atom is 0.291 e. The van der Waals surface area contributed by atoms with Crippen LogP contribution in [0.2, 0.25) is 5.02 Å². The number of nitrogens with zero attached hydrogens (tertiary/aromatic N) is 4. The van der Waals surface area contributed by atoms with Crippen LogP contribution in [0.1, 0.15) is 33.3 Å².